The van der Waals surface area contributed by atoms with E-state index in [1.807, 2.05) is 13.8 Å². The fraction of sp³-hybridized carbons (Fsp3) is 1.00. The van der Waals surface area contributed by atoms with Gasteiger partial charge in [0, 0.05) is 0 Å². The molecule has 0 aromatic rings. The molecule has 0 N–H and O–H groups in total. The predicted molar refractivity (Wildman–Crippen MR) is 61.9 cm³/mol. The average Bonchev–Trinajstić information content (AvgIpc) is 2.67. The Morgan fingerprint density at radius 1 is 0.923 bits per heavy atom. The molecule has 0 radical (unpaired) electrons. The van der Waals surface area contributed by atoms with Crippen LogP contribution >= 0.6 is 0 Å². The monoisotopic (exact) mass is 184 g/mol. The fourth-order valence-electron chi connectivity index (χ4n) is 1.53. The van der Waals surface area contributed by atoms with E-state index in [0.717, 1.165) is 17.8 Å². The molecule has 2 aliphatic rings. The van der Waals surface area contributed by atoms with Crippen molar-refractivity contribution in [2.45, 2.75) is 66.7 Å². The van der Waals surface area contributed by atoms with Crippen LogP contribution in [-0.2, 0) is 0 Å². The number of hydrogen-bond donors (Lipinski definition) is 0. The van der Waals surface area contributed by atoms with Crippen LogP contribution in [0.3, 0.4) is 0 Å². The molecule has 2 aliphatic carbocycles. The molecule has 0 saturated heterocycles. The lowest BCUT2D eigenvalue weighted by Crippen LogP contribution is -1.89. The minimum absolute atomic E-state index is 0.940. The summed E-state index contributed by atoms with van der Waals surface area (Å²) in [6.07, 6.45) is 7.48. The first kappa shape index (κ1) is 13.0. The second-order valence-corrected chi connectivity index (χ2v) is 4.54. The molecule has 0 bridgehead atoms. The third-order valence-corrected chi connectivity index (χ3v) is 3.03. The first-order valence-electron chi connectivity index (χ1n) is 6.22. The molecule has 0 amide bonds. The second-order valence-electron chi connectivity index (χ2n) is 4.54. The summed E-state index contributed by atoms with van der Waals surface area (Å²) in [4.78, 5) is 0. The van der Waals surface area contributed by atoms with Crippen LogP contribution in [0.2, 0.25) is 0 Å². The van der Waals surface area contributed by atoms with E-state index in [1.165, 1.54) is 32.1 Å². The van der Waals surface area contributed by atoms with Crippen LogP contribution in [0.5, 0.6) is 0 Å². The van der Waals surface area contributed by atoms with E-state index in [2.05, 4.69) is 20.8 Å². The molecule has 0 heterocycles. The maximum Gasteiger partial charge on any atom is -0.0363 e. The van der Waals surface area contributed by atoms with E-state index in [-0.39, 0.29) is 0 Å². The van der Waals surface area contributed by atoms with E-state index in [4.69, 9.17) is 0 Å². The van der Waals surface area contributed by atoms with Gasteiger partial charge in [0.05, 0.1) is 0 Å². The summed E-state index contributed by atoms with van der Waals surface area (Å²) in [5, 5.41) is 0. The Labute approximate surface area is 85.1 Å². The summed E-state index contributed by atoms with van der Waals surface area (Å²) in [6.45, 7) is 11.0. The van der Waals surface area contributed by atoms with Crippen LogP contribution in [0, 0.1) is 17.8 Å². The first-order valence-corrected chi connectivity index (χ1v) is 6.22. The van der Waals surface area contributed by atoms with Crippen LogP contribution in [0.15, 0.2) is 0 Å². The second kappa shape index (κ2) is 7.41. The Hall–Kier alpha value is 0. The lowest BCUT2D eigenvalue weighted by Gasteiger charge is -2.05. The van der Waals surface area contributed by atoms with Crippen LogP contribution < -0.4 is 0 Å². The minimum atomic E-state index is 0.940. The molecule has 0 aromatic carbocycles. The van der Waals surface area contributed by atoms with Crippen LogP contribution in [0.25, 0.3) is 0 Å². The maximum absolute atomic E-state index is 2.34. The highest BCUT2D eigenvalue weighted by molar-refractivity contribution is 4.84. The van der Waals surface area contributed by atoms with Gasteiger partial charge in [-0.25, -0.2) is 0 Å². The Bertz CT molecular complexity index is 96.6. The Balaban J connectivity index is 0.000000204. The van der Waals surface area contributed by atoms with E-state index in [9.17, 15) is 0 Å². The average molecular weight is 184 g/mol. The van der Waals surface area contributed by atoms with Gasteiger partial charge in [-0.1, -0.05) is 60.3 Å². The summed E-state index contributed by atoms with van der Waals surface area (Å²) in [5.41, 5.74) is 0. The van der Waals surface area contributed by atoms with E-state index >= 15 is 0 Å². The largest absolute Gasteiger partial charge is 0.0683 e. The molecule has 0 nitrogen and oxygen atoms in total. The SMILES string of the molecule is C1CCC1.CC.CC(C)C1CC1C. The Kier molecular flexibility index (Phi) is 7.41. The predicted octanol–water partition coefficient (Wildman–Crippen LogP) is 4.89. The molecular weight excluding hydrogens is 156 g/mol. The quantitative estimate of drug-likeness (QED) is 0.544. The molecule has 0 aliphatic heterocycles. The summed E-state index contributed by atoms with van der Waals surface area (Å²) in [7, 11) is 0. The van der Waals surface area contributed by atoms with Gasteiger partial charge in [-0.05, 0) is 24.2 Å². The third kappa shape index (κ3) is 6.12. The normalized spacial score (nSPS) is 29.1. The summed E-state index contributed by atoms with van der Waals surface area (Å²) >= 11 is 0. The van der Waals surface area contributed by atoms with Gasteiger partial charge in [0.2, 0.25) is 0 Å². The Morgan fingerprint density at radius 2 is 1.23 bits per heavy atom. The highest BCUT2D eigenvalue weighted by Gasteiger charge is 2.34. The van der Waals surface area contributed by atoms with Gasteiger partial charge in [0.1, 0.15) is 0 Å². The number of hydrogen-bond acceptors (Lipinski definition) is 0. The molecule has 2 saturated carbocycles. The molecule has 0 spiro atoms. The molecule has 13 heavy (non-hydrogen) atoms. The van der Waals surface area contributed by atoms with Crippen molar-refractivity contribution in [3.8, 4) is 0 Å². The van der Waals surface area contributed by atoms with Gasteiger partial charge in [0.25, 0.3) is 0 Å². The van der Waals surface area contributed by atoms with Crippen molar-refractivity contribution in [1.82, 2.24) is 0 Å². The van der Waals surface area contributed by atoms with Gasteiger partial charge >= 0.3 is 0 Å². The van der Waals surface area contributed by atoms with Gasteiger partial charge in [-0.15, -0.1) is 0 Å². The lowest BCUT2D eigenvalue weighted by molar-refractivity contribution is 0.504. The van der Waals surface area contributed by atoms with Crippen molar-refractivity contribution in [3.05, 3.63) is 0 Å². The Morgan fingerprint density at radius 3 is 1.23 bits per heavy atom. The highest BCUT2D eigenvalue weighted by Crippen LogP contribution is 2.43. The summed E-state index contributed by atoms with van der Waals surface area (Å²) in [6, 6.07) is 0. The molecule has 80 valence electrons. The first-order chi connectivity index (χ1) is 6.22. The number of rotatable bonds is 1. The van der Waals surface area contributed by atoms with Crippen LogP contribution in [0.1, 0.15) is 66.7 Å². The molecule has 2 unspecified atom stereocenters. The van der Waals surface area contributed by atoms with E-state index in [0.29, 0.717) is 0 Å². The maximum atomic E-state index is 2.34. The molecule has 2 fully saturated rings. The zero-order chi connectivity index (χ0) is 10.3. The van der Waals surface area contributed by atoms with Gasteiger partial charge in [-0.3, -0.25) is 0 Å². The van der Waals surface area contributed by atoms with Crippen molar-refractivity contribution in [1.29, 1.82) is 0 Å². The van der Waals surface area contributed by atoms with Gasteiger partial charge in [-0.2, -0.15) is 0 Å². The summed E-state index contributed by atoms with van der Waals surface area (Å²) in [5.74, 6) is 3.05. The third-order valence-electron chi connectivity index (χ3n) is 3.03. The van der Waals surface area contributed by atoms with Crippen LogP contribution in [-0.4, -0.2) is 0 Å². The van der Waals surface area contributed by atoms with Crippen molar-refractivity contribution in [3.63, 3.8) is 0 Å². The molecule has 2 atom stereocenters. The lowest BCUT2D eigenvalue weighted by atomic mass is 10.0. The smallest absolute Gasteiger partial charge is 0.0363 e. The van der Waals surface area contributed by atoms with Crippen molar-refractivity contribution in [2.24, 2.45) is 17.8 Å². The van der Waals surface area contributed by atoms with Crippen molar-refractivity contribution in [2.75, 3.05) is 0 Å². The van der Waals surface area contributed by atoms with Crippen LogP contribution in [0.4, 0.5) is 0 Å². The van der Waals surface area contributed by atoms with Crippen molar-refractivity contribution >= 4 is 0 Å². The zero-order valence-corrected chi connectivity index (χ0v) is 10.3. The standard InChI is InChI=1S/C7H14.C4H8.C2H6/c1-5(2)7-4-6(7)3;1-2-4-3-1;1-2/h5-7H,4H2,1-3H3;1-4H2;1-2H3. The topological polar surface area (TPSA) is 0 Å². The fourth-order valence-corrected chi connectivity index (χ4v) is 1.53. The zero-order valence-electron chi connectivity index (χ0n) is 10.3. The minimum Gasteiger partial charge on any atom is -0.0683 e. The molecule has 2 rings (SSSR count). The van der Waals surface area contributed by atoms with Gasteiger partial charge < -0.3 is 0 Å². The van der Waals surface area contributed by atoms with Crippen molar-refractivity contribution < 1.29 is 0 Å². The molecular formula is C13H28. The molecule has 0 aromatic heterocycles. The highest BCUT2D eigenvalue weighted by atomic mass is 14.4. The summed E-state index contributed by atoms with van der Waals surface area (Å²) < 4.78 is 0. The molecule has 0 heteroatoms. The van der Waals surface area contributed by atoms with Gasteiger partial charge in [0.15, 0.2) is 0 Å². The van der Waals surface area contributed by atoms with E-state index < -0.39 is 0 Å². The van der Waals surface area contributed by atoms with E-state index in [1.54, 1.807) is 0 Å².